The average molecular weight is 337 g/mol. The van der Waals surface area contributed by atoms with E-state index in [1.807, 2.05) is 7.05 Å². The maximum atomic E-state index is 13.6. The fourth-order valence-corrected chi connectivity index (χ4v) is 2.68. The number of carbonyl (C=O) groups excluding carboxylic acids is 1. The summed E-state index contributed by atoms with van der Waals surface area (Å²) in [6.45, 7) is 1.87. The van der Waals surface area contributed by atoms with E-state index >= 15 is 0 Å². The molecule has 1 aliphatic heterocycles. The lowest BCUT2D eigenvalue weighted by molar-refractivity contribution is 0.0677. The molecule has 1 fully saturated rings. The zero-order chi connectivity index (χ0) is 15.4. The summed E-state index contributed by atoms with van der Waals surface area (Å²) >= 11 is 0. The molecule has 2 rings (SSSR count). The van der Waals surface area contributed by atoms with Crippen LogP contribution in [0.1, 0.15) is 29.6 Å². The Kier molecular flexibility index (Phi) is 7.16. The SMILES string of the molecule is CNCCC1CCN(C(=O)c2c(F)cc(F)cc2F)CC1.Cl. The zero-order valence-corrected chi connectivity index (χ0v) is 13.2. The zero-order valence-electron chi connectivity index (χ0n) is 12.4. The van der Waals surface area contributed by atoms with Gasteiger partial charge in [0.1, 0.15) is 23.0 Å². The molecule has 1 aliphatic rings. The van der Waals surface area contributed by atoms with Crippen molar-refractivity contribution in [1.29, 1.82) is 0 Å². The van der Waals surface area contributed by atoms with Crippen LogP contribution >= 0.6 is 12.4 Å². The first-order valence-corrected chi connectivity index (χ1v) is 7.11. The van der Waals surface area contributed by atoms with Gasteiger partial charge in [-0.05, 0) is 38.8 Å². The molecule has 0 spiro atoms. The molecular formula is C15H20ClF3N2O. The lowest BCUT2D eigenvalue weighted by atomic mass is 9.93. The quantitative estimate of drug-likeness (QED) is 0.916. The summed E-state index contributed by atoms with van der Waals surface area (Å²) in [5.74, 6) is -3.49. The molecule has 1 N–H and O–H groups in total. The van der Waals surface area contributed by atoms with Gasteiger partial charge in [-0.1, -0.05) is 0 Å². The fourth-order valence-electron chi connectivity index (χ4n) is 2.68. The molecule has 0 atom stereocenters. The van der Waals surface area contributed by atoms with Gasteiger partial charge in [-0.15, -0.1) is 12.4 Å². The number of nitrogens with zero attached hydrogens (tertiary/aromatic N) is 1. The Hall–Kier alpha value is -1.27. The van der Waals surface area contributed by atoms with E-state index in [2.05, 4.69) is 5.32 Å². The number of carbonyl (C=O) groups is 1. The molecular weight excluding hydrogens is 317 g/mol. The summed E-state index contributed by atoms with van der Waals surface area (Å²) in [6.07, 6.45) is 2.66. The van der Waals surface area contributed by atoms with Crippen LogP contribution in [0.15, 0.2) is 12.1 Å². The van der Waals surface area contributed by atoms with Crippen LogP contribution in [0.2, 0.25) is 0 Å². The van der Waals surface area contributed by atoms with Crippen LogP contribution in [-0.4, -0.2) is 37.5 Å². The van der Waals surface area contributed by atoms with Crippen molar-refractivity contribution >= 4 is 18.3 Å². The van der Waals surface area contributed by atoms with Crippen molar-refractivity contribution in [2.45, 2.75) is 19.3 Å². The van der Waals surface area contributed by atoms with Crippen LogP contribution in [0.4, 0.5) is 13.2 Å². The van der Waals surface area contributed by atoms with E-state index in [1.165, 1.54) is 4.90 Å². The van der Waals surface area contributed by atoms with Crippen molar-refractivity contribution in [2.24, 2.45) is 5.92 Å². The maximum absolute atomic E-state index is 13.6. The van der Waals surface area contributed by atoms with Crippen LogP contribution in [-0.2, 0) is 0 Å². The molecule has 0 bridgehead atoms. The van der Waals surface area contributed by atoms with Crippen molar-refractivity contribution < 1.29 is 18.0 Å². The smallest absolute Gasteiger partial charge is 0.259 e. The van der Waals surface area contributed by atoms with Gasteiger partial charge in [0.05, 0.1) is 0 Å². The van der Waals surface area contributed by atoms with E-state index in [9.17, 15) is 18.0 Å². The van der Waals surface area contributed by atoms with E-state index in [-0.39, 0.29) is 12.4 Å². The summed E-state index contributed by atoms with van der Waals surface area (Å²) in [6, 6.07) is 1.08. The third-order valence-electron chi connectivity index (χ3n) is 3.93. The number of benzene rings is 1. The molecule has 1 aromatic carbocycles. The van der Waals surface area contributed by atoms with E-state index < -0.39 is 28.9 Å². The monoisotopic (exact) mass is 336 g/mol. The van der Waals surface area contributed by atoms with Crippen LogP contribution in [0.25, 0.3) is 0 Å². The summed E-state index contributed by atoms with van der Waals surface area (Å²) in [5, 5.41) is 3.08. The highest BCUT2D eigenvalue weighted by Crippen LogP contribution is 2.23. The number of hydrogen-bond donors (Lipinski definition) is 1. The second-order valence-corrected chi connectivity index (χ2v) is 5.37. The van der Waals surface area contributed by atoms with Crippen LogP contribution in [0.5, 0.6) is 0 Å². The Morgan fingerprint density at radius 2 is 1.77 bits per heavy atom. The number of halogens is 4. The number of amides is 1. The molecule has 0 unspecified atom stereocenters. The number of rotatable bonds is 4. The van der Waals surface area contributed by atoms with Gasteiger partial charge in [0.15, 0.2) is 0 Å². The first kappa shape index (κ1) is 18.8. The van der Waals surface area contributed by atoms with E-state index in [4.69, 9.17) is 0 Å². The van der Waals surface area contributed by atoms with E-state index in [0.29, 0.717) is 31.1 Å². The van der Waals surface area contributed by atoms with Crippen molar-refractivity contribution in [3.05, 3.63) is 35.1 Å². The van der Waals surface area contributed by atoms with Crippen molar-refractivity contribution in [2.75, 3.05) is 26.7 Å². The van der Waals surface area contributed by atoms with E-state index in [0.717, 1.165) is 25.8 Å². The molecule has 0 saturated carbocycles. The van der Waals surface area contributed by atoms with E-state index in [1.54, 1.807) is 0 Å². The van der Waals surface area contributed by atoms with Gasteiger partial charge in [-0.3, -0.25) is 4.79 Å². The molecule has 0 radical (unpaired) electrons. The number of piperidine rings is 1. The molecule has 3 nitrogen and oxygen atoms in total. The van der Waals surface area contributed by atoms with Gasteiger partial charge >= 0.3 is 0 Å². The summed E-state index contributed by atoms with van der Waals surface area (Å²) in [4.78, 5) is 13.6. The highest BCUT2D eigenvalue weighted by atomic mass is 35.5. The van der Waals surface area contributed by atoms with Crippen LogP contribution in [0, 0.1) is 23.4 Å². The molecule has 124 valence electrons. The normalized spacial score (nSPS) is 15.5. The summed E-state index contributed by atoms with van der Waals surface area (Å²) in [5.41, 5.74) is -0.662. The van der Waals surface area contributed by atoms with Crippen molar-refractivity contribution in [1.82, 2.24) is 10.2 Å². The summed E-state index contributed by atoms with van der Waals surface area (Å²) in [7, 11) is 1.89. The Bertz CT molecular complexity index is 497. The van der Waals surface area contributed by atoms with Crippen LogP contribution in [0.3, 0.4) is 0 Å². The van der Waals surface area contributed by atoms with Crippen LogP contribution < -0.4 is 5.32 Å². The Labute approximate surface area is 134 Å². The standard InChI is InChI=1S/C15H19F3N2O.ClH/c1-19-5-2-10-3-6-20(7-4-10)15(21)14-12(17)8-11(16)9-13(14)18;/h8-10,19H,2-7H2,1H3;1H. The first-order valence-electron chi connectivity index (χ1n) is 7.11. The fraction of sp³-hybridized carbons (Fsp3) is 0.533. The van der Waals surface area contributed by atoms with Crippen molar-refractivity contribution in [3.8, 4) is 0 Å². The molecule has 7 heteroatoms. The number of nitrogens with one attached hydrogen (secondary N) is 1. The molecule has 1 amide bonds. The molecule has 0 aliphatic carbocycles. The van der Waals surface area contributed by atoms with Gasteiger partial charge in [0.25, 0.3) is 5.91 Å². The Morgan fingerprint density at radius 3 is 2.27 bits per heavy atom. The Morgan fingerprint density at radius 1 is 1.23 bits per heavy atom. The molecule has 1 aromatic rings. The van der Waals surface area contributed by atoms with Crippen molar-refractivity contribution in [3.63, 3.8) is 0 Å². The van der Waals surface area contributed by atoms with Gasteiger partial charge in [-0.25, -0.2) is 13.2 Å². The average Bonchev–Trinajstić information content (AvgIpc) is 2.44. The Balaban J connectivity index is 0.00000242. The molecule has 22 heavy (non-hydrogen) atoms. The maximum Gasteiger partial charge on any atom is 0.259 e. The topological polar surface area (TPSA) is 32.3 Å². The molecule has 1 heterocycles. The predicted octanol–water partition coefficient (Wildman–Crippen LogP) is 2.99. The number of likely N-dealkylation sites (tertiary alicyclic amines) is 1. The second-order valence-electron chi connectivity index (χ2n) is 5.37. The minimum Gasteiger partial charge on any atom is -0.338 e. The van der Waals surface area contributed by atoms with Gasteiger partial charge in [0, 0.05) is 25.2 Å². The van der Waals surface area contributed by atoms with Gasteiger partial charge in [-0.2, -0.15) is 0 Å². The summed E-state index contributed by atoms with van der Waals surface area (Å²) < 4.78 is 40.1. The first-order chi connectivity index (χ1) is 10.0. The third-order valence-corrected chi connectivity index (χ3v) is 3.93. The number of hydrogen-bond acceptors (Lipinski definition) is 2. The highest BCUT2D eigenvalue weighted by molar-refractivity contribution is 5.94. The van der Waals surface area contributed by atoms with Gasteiger partial charge < -0.3 is 10.2 Å². The molecule has 1 saturated heterocycles. The van der Waals surface area contributed by atoms with Gasteiger partial charge in [0.2, 0.25) is 0 Å². The lowest BCUT2D eigenvalue weighted by Gasteiger charge is -2.32. The second kappa shape index (κ2) is 8.39. The third kappa shape index (κ3) is 4.36. The predicted molar refractivity (Wildman–Crippen MR) is 80.7 cm³/mol. The molecule has 0 aromatic heterocycles. The highest BCUT2D eigenvalue weighted by Gasteiger charge is 2.27. The lowest BCUT2D eigenvalue weighted by Crippen LogP contribution is -2.39. The minimum absolute atomic E-state index is 0. The minimum atomic E-state index is -1.14. The largest absolute Gasteiger partial charge is 0.338 e.